The molecule has 1 aromatic carbocycles. The summed E-state index contributed by atoms with van der Waals surface area (Å²) in [6, 6.07) is 15.0. The highest BCUT2D eigenvalue weighted by Gasteiger charge is 2.10. The van der Waals surface area contributed by atoms with Crippen molar-refractivity contribution in [2.75, 3.05) is 13.1 Å². The Morgan fingerprint density at radius 2 is 1.76 bits per heavy atom. The molecule has 1 aliphatic carbocycles. The molecule has 0 amide bonds. The van der Waals surface area contributed by atoms with E-state index in [0.29, 0.717) is 0 Å². The van der Waals surface area contributed by atoms with E-state index >= 15 is 0 Å². The van der Waals surface area contributed by atoms with Crippen molar-refractivity contribution in [1.82, 2.24) is 9.56 Å². The molecule has 0 bridgehead atoms. The molecule has 0 fully saturated rings. The molecule has 0 aromatic heterocycles. The average molecular weight is 297 g/mol. The summed E-state index contributed by atoms with van der Waals surface area (Å²) >= 11 is 1.83. The minimum atomic E-state index is 1.08. The predicted octanol–water partition coefficient (Wildman–Crippen LogP) is 3.99. The molecule has 0 radical (unpaired) electrons. The van der Waals surface area contributed by atoms with Crippen LogP contribution in [0.3, 0.4) is 0 Å². The van der Waals surface area contributed by atoms with Crippen molar-refractivity contribution < 1.29 is 0 Å². The van der Waals surface area contributed by atoms with Gasteiger partial charge in [0.1, 0.15) is 13.1 Å². The van der Waals surface area contributed by atoms with Crippen molar-refractivity contribution in [2.24, 2.45) is 0 Å². The molecule has 0 N–H and O–H groups in total. The number of hydrogen-bond donors (Lipinski definition) is 0. The zero-order valence-corrected chi connectivity index (χ0v) is 13.5. The Hall–Kier alpha value is -1.74. The van der Waals surface area contributed by atoms with Gasteiger partial charge in [0.2, 0.25) is 5.36 Å². The van der Waals surface area contributed by atoms with Crippen LogP contribution in [-0.4, -0.2) is 18.1 Å². The molecular weight excluding hydrogens is 276 g/mol. The molecule has 2 nitrogen and oxygen atoms in total. The number of fused-ring (bicyclic) bond motifs is 2. The van der Waals surface area contributed by atoms with Crippen LogP contribution >= 0.6 is 11.3 Å². The largest absolute Gasteiger partial charge is 0.246 e. The van der Waals surface area contributed by atoms with Crippen molar-refractivity contribution in [2.45, 2.75) is 26.7 Å². The van der Waals surface area contributed by atoms with Crippen LogP contribution in [0.5, 0.6) is 0 Å². The van der Waals surface area contributed by atoms with E-state index in [-0.39, 0.29) is 0 Å². The molecule has 1 heterocycles. The molecule has 3 rings (SSSR count). The third kappa shape index (κ3) is 2.98. The number of rotatable bonds is 4. The SMILES string of the molecule is CCC[N+](CCC)=c1ccc2nc3ccccc3sc-2c1. The first kappa shape index (κ1) is 14.2. The summed E-state index contributed by atoms with van der Waals surface area (Å²) in [5.74, 6) is 0. The summed E-state index contributed by atoms with van der Waals surface area (Å²) in [4.78, 5) is 6.03. The maximum atomic E-state index is 4.76. The van der Waals surface area contributed by atoms with E-state index in [4.69, 9.17) is 4.98 Å². The van der Waals surface area contributed by atoms with Gasteiger partial charge >= 0.3 is 0 Å². The highest BCUT2D eigenvalue weighted by molar-refractivity contribution is 7.21. The standard InChI is InChI=1S/C18H21N2S/c1-3-11-20(12-4-2)14-9-10-16-18(13-14)21-17-8-6-5-7-15(17)19-16/h5-10,13H,3-4,11-12H2,1-2H3/q+1. The first-order chi connectivity index (χ1) is 10.3. The first-order valence-electron chi connectivity index (χ1n) is 7.69. The van der Waals surface area contributed by atoms with E-state index in [9.17, 15) is 0 Å². The molecule has 0 saturated carbocycles. The normalized spacial score (nSPS) is 11.1. The molecule has 21 heavy (non-hydrogen) atoms. The smallest absolute Gasteiger partial charge is 0.201 e. The van der Waals surface area contributed by atoms with E-state index in [1.807, 2.05) is 17.4 Å². The monoisotopic (exact) mass is 297 g/mol. The van der Waals surface area contributed by atoms with Gasteiger partial charge in [-0.05, 0) is 18.2 Å². The average Bonchev–Trinajstić information content (AvgIpc) is 2.52. The van der Waals surface area contributed by atoms with Crippen LogP contribution < -0.4 is 9.93 Å². The number of nitrogens with zero attached hydrogens (tertiary/aromatic N) is 2. The van der Waals surface area contributed by atoms with Gasteiger partial charge in [0.15, 0.2) is 0 Å². The van der Waals surface area contributed by atoms with Crippen LogP contribution in [0, 0.1) is 0 Å². The van der Waals surface area contributed by atoms with Crippen LogP contribution in [0.25, 0.3) is 20.8 Å². The third-order valence-corrected chi connectivity index (χ3v) is 4.73. The van der Waals surface area contributed by atoms with Gasteiger partial charge in [0.05, 0.1) is 20.8 Å². The van der Waals surface area contributed by atoms with Crippen LogP contribution in [0.15, 0.2) is 42.5 Å². The second-order valence-corrected chi connectivity index (χ2v) is 6.40. The van der Waals surface area contributed by atoms with Gasteiger partial charge in [0.25, 0.3) is 0 Å². The Bertz CT molecular complexity index is 781. The molecular formula is C18H21N2S+. The maximum absolute atomic E-state index is 4.76. The predicted molar refractivity (Wildman–Crippen MR) is 91.8 cm³/mol. The van der Waals surface area contributed by atoms with Crippen molar-refractivity contribution >= 4 is 21.6 Å². The summed E-state index contributed by atoms with van der Waals surface area (Å²) in [6.45, 7) is 6.71. The molecule has 1 aromatic rings. The van der Waals surface area contributed by atoms with Gasteiger partial charge in [0, 0.05) is 25.0 Å². The third-order valence-electron chi connectivity index (χ3n) is 3.62. The molecule has 2 aliphatic rings. The van der Waals surface area contributed by atoms with Gasteiger partial charge in [-0.15, -0.1) is 11.3 Å². The number of aromatic nitrogens is 1. The molecule has 0 saturated heterocycles. The van der Waals surface area contributed by atoms with Gasteiger partial charge in [-0.3, -0.25) is 0 Å². The molecule has 1 aliphatic heterocycles. The van der Waals surface area contributed by atoms with Crippen molar-refractivity contribution in [1.29, 1.82) is 0 Å². The van der Waals surface area contributed by atoms with E-state index in [1.54, 1.807) is 0 Å². The van der Waals surface area contributed by atoms with Gasteiger partial charge in [-0.1, -0.05) is 26.0 Å². The molecule has 3 heteroatoms. The number of benzene rings is 2. The lowest BCUT2D eigenvalue weighted by atomic mass is 10.2. The first-order valence-corrected chi connectivity index (χ1v) is 8.51. The van der Waals surface area contributed by atoms with Crippen LogP contribution in [0.2, 0.25) is 0 Å². The maximum Gasteiger partial charge on any atom is 0.201 e. The summed E-state index contributed by atoms with van der Waals surface area (Å²) in [6.07, 6.45) is 2.36. The zero-order valence-electron chi connectivity index (χ0n) is 12.7. The number of hydrogen-bond acceptors (Lipinski definition) is 2. The Labute approximate surface area is 129 Å². The minimum Gasteiger partial charge on any atom is -0.246 e. The van der Waals surface area contributed by atoms with Crippen LogP contribution in [0.4, 0.5) is 0 Å². The summed E-state index contributed by atoms with van der Waals surface area (Å²) in [7, 11) is 0. The molecule has 0 spiro atoms. The van der Waals surface area contributed by atoms with E-state index in [1.165, 1.54) is 27.8 Å². The Kier molecular flexibility index (Phi) is 4.30. The number of para-hydroxylation sites is 1. The zero-order chi connectivity index (χ0) is 14.7. The molecule has 0 atom stereocenters. The highest BCUT2D eigenvalue weighted by atomic mass is 32.1. The quantitative estimate of drug-likeness (QED) is 0.525. The van der Waals surface area contributed by atoms with Crippen LogP contribution in [-0.2, 0) is 0 Å². The lowest BCUT2D eigenvalue weighted by Gasteiger charge is -2.06. The summed E-state index contributed by atoms with van der Waals surface area (Å²) in [5.41, 5.74) is 2.18. The fourth-order valence-electron chi connectivity index (χ4n) is 2.67. The van der Waals surface area contributed by atoms with Crippen LogP contribution in [0.1, 0.15) is 26.7 Å². The Morgan fingerprint density at radius 3 is 2.52 bits per heavy atom. The van der Waals surface area contributed by atoms with Gasteiger partial charge in [-0.2, -0.15) is 0 Å². The summed E-state index contributed by atoms with van der Waals surface area (Å²) in [5, 5.41) is 1.32. The van der Waals surface area contributed by atoms with E-state index < -0.39 is 0 Å². The highest BCUT2D eigenvalue weighted by Crippen LogP contribution is 2.28. The van der Waals surface area contributed by atoms with E-state index in [2.05, 4.69) is 54.8 Å². The topological polar surface area (TPSA) is 15.9 Å². The second-order valence-electron chi connectivity index (χ2n) is 5.32. The van der Waals surface area contributed by atoms with Crippen molar-refractivity contribution in [3.05, 3.63) is 47.8 Å². The molecule has 108 valence electrons. The molecule has 0 unspecified atom stereocenters. The van der Waals surface area contributed by atoms with Gasteiger partial charge in [-0.25, -0.2) is 9.56 Å². The minimum absolute atomic E-state index is 1.08. The summed E-state index contributed by atoms with van der Waals surface area (Å²) < 4.78 is 3.72. The van der Waals surface area contributed by atoms with Crippen molar-refractivity contribution in [3.8, 4) is 10.6 Å². The Morgan fingerprint density at radius 1 is 1.00 bits per heavy atom. The van der Waals surface area contributed by atoms with Crippen molar-refractivity contribution in [3.63, 3.8) is 0 Å². The fraction of sp³-hybridized carbons (Fsp3) is 0.333. The second kappa shape index (κ2) is 6.35. The van der Waals surface area contributed by atoms with E-state index in [0.717, 1.165) is 24.3 Å². The lowest BCUT2D eigenvalue weighted by molar-refractivity contribution is 0.557. The Balaban J connectivity index is 2.21. The fourth-order valence-corrected chi connectivity index (χ4v) is 3.67. The van der Waals surface area contributed by atoms with Gasteiger partial charge < -0.3 is 0 Å². The lowest BCUT2D eigenvalue weighted by Crippen LogP contribution is -2.31.